The fourth-order valence-electron chi connectivity index (χ4n) is 2.57. The third-order valence-electron chi connectivity index (χ3n) is 3.95. The summed E-state index contributed by atoms with van der Waals surface area (Å²) in [5.41, 5.74) is 2.52. The van der Waals surface area contributed by atoms with Crippen molar-refractivity contribution >= 4 is 35.2 Å². The molecule has 1 atom stereocenters. The molecule has 2 rings (SSSR count). The van der Waals surface area contributed by atoms with Crippen molar-refractivity contribution in [2.75, 3.05) is 18.2 Å². The summed E-state index contributed by atoms with van der Waals surface area (Å²) in [4.78, 5) is 36.7. The molecule has 0 aliphatic heterocycles. The zero-order valence-corrected chi connectivity index (χ0v) is 17.0. The molecule has 2 aromatic rings. The number of esters is 1. The van der Waals surface area contributed by atoms with Crippen molar-refractivity contribution in [3.63, 3.8) is 0 Å². The number of nitrogens with one attached hydrogen (secondary N) is 2. The van der Waals surface area contributed by atoms with Crippen LogP contribution < -0.4 is 10.6 Å². The minimum Gasteiger partial charge on any atom is -0.455 e. The maximum Gasteiger partial charge on any atom is 0.308 e. The van der Waals surface area contributed by atoms with Gasteiger partial charge in [-0.2, -0.15) is 0 Å². The van der Waals surface area contributed by atoms with Crippen LogP contribution in [0.5, 0.6) is 0 Å². The molecular weight excluding hydrogens is 376 g/mol. The van der Waals surface area contributed by atoms with E-state index in [-0.39, 0.29) is 18.9 Å². The predicted molar refractivity (Wildman–Crippen MR) is 110 cm³/mol. The maximum absolute atomic E-state index is 12.2. The average molecular weight is 401 g/mol. The van der Waals surface area contributed by atoms with Gasteiger partial charge in [-0.25, -0.2) is 0 Å². The van der Waals surface area contributed by atoms with Gasteiger partial charge in [-0.1, -0.05) is 35.9 Å². The largest absolute Gasteiger partial charge is 0.455 e. The molecule has 0 aliphatic rings. The molecule has 2 N–H and O–H groups in total. The van der Waals surface area contributed by atoms with E-state index in [2.05, 4.69) is 10.6 Å². The molecule has 1 unspecified atom stereocenters. The summed E-state index contributed by atoms with van der Waals surface area (Å²) < 4.78 is 5.08. The van der Waals surface area contributed by atoms with E-state index in [1.165, 1.54) is 6.92 Å². The van der Waals surface area contributed by atoms with E-state index in [1.54, 1.807) is 17.8 Å². The van der Waals surface area contributed by atoms with Crippen LogP contribution in [0.3, 0.4) is 0 Å². The third kappa shape index (κ3) is 7.08. The molecule has 0 fully saturated rings. The summed E-state index contributed by atoms with van der Waals surface area (Å²) in [6, 6.07) is 14.4. The van der Waals surface area contributed by atoms with Crippen LogP contribution in [0.4, 0.5) is 5.69 Å². The second-order valence-corrected chi connectivity index (χ2v) is 7.19. The molecule has 148 valence electrons. The molecule has 0 bridgehead atoms. The molecule has 0 aliphatic carbocycles. The average Bonchev–Trinajstić information content (AvgIpc) is 2.66. The van der Waals surface area contributed by atoms with Gasteiger partial charge in [0, 0.05) is 17.5 Å². The fourth-order valence-corrected chi connectivity index (χ4v) is 3.03. The molecule has 0 aromatic heterocycles. The number of carbonyl (C=O) groups excluding carboxylic acids is 3. The van der Waals surface area contributed by atoms with Gasteiger partial charge in [0.2, 0.25) is 5.91 Å². The number of carbonyl (C=O) groups is 3. The number of aryl methyl sites for hydroxylation is 1. The first-order valence-electron chi connectivity index (χ1n) is 8.80. The van der Waals surface area contributed by atoms with E-state index < -0.39 is 17.9 Å². The Labute approximate surface area is 169 Å². The number of benzene rings is 2. The standard InChI is InChI=1S/C21H24N2O4S/c1-14-7-9-16(10-8-14)19(22-15(2)24)12-21(26)27-13-20(25)23-17-5-4-6-18(11-17)28-3/h4-11,19H,12-13H2,1-3H3,(H,22,24)(H,23,25). The van der Waals surface area contributed by atoms with Crippen molar-refractivity contribution in [1.29, 1.82) is 0 Å². The van der Waals surface area contributed by atoms with Gasteiger partial charge in [-0.15, -0.1) is 11.8 Å². The van der Waals surface area contributed by atoms with Gasteiger partial charge in [0.15, 0.2) is 6.61 Å². The van der Waals surface area contributed by atoms with Crippen LogP contribution in [0, 0.1) is 6.92 Å². The Morgan fingerprint density at radius 3 is 2.46 bits per heavy atom. The number of hydrogen-bond donors (Lipinski definition) is 2. The van der Waals surface area contributed by atoms with Crippen molar-refractivity contribution in [3.05, 3.63) is 59.7 Å². The molecular formula is C21H24N2O4S. The highest BCUT2D eigenvalue weighted by Gasteiger charge is 2.19. The summed E-state index contributed by atoms with van der Waals surface area (Å²) in [5.74, 6) is -1.23. The minimum absolute atomic E-state index is 0.0577. The van der Waals surface area contributed by atoms with Crippen LogP contribution in [0.25, 0.3) is 0 Å². The Morgan fingerprint density at radius 1 is 1.11 bits per heavy atom. The van der Waals surface area contributed by atoms with Gasteiger partial charge in [-0.05, 0) is 36.9 Å². The molecule has 0 spiro atoms. The molecule has 0 saturated heterocycles. The van der Waals surface area contributed by atoms with Crippen molar-refractivity contribution in [3.8, 4) is 0 Å². The Hall–Kier alpha value is -2.80. The molecule has 2 amide bonds. The first-order valence-corrected chi connectivity index (χ1v) is 10.0. The summed E-state index contributed by atoms with van der Waals surface area (Å²) in [7, 11) is 0. The van der Waals surface area contributed by atoms with E-state index in [9.17, 15) is 14.4 Å². The number of rotatable bonds is 8. The Morgan fingerprint density at radius 2 is 1.82 bits per heavy atom. The van der Waals surface area contributed by atoms with Crippen LogP contribution in [0.1, 0.15) is 30.5 Å². The highest BCUT2D eigenvalue weighted by atomic mass is 32.2. The SMILES string of the molecule is CSc1cccc(NC(=O)COC(=O)CC(NC(C)=O)c2ccc(C)cc2)c1. The van der Waals surface area contributed by atoms with Gasteiger partial charge in [0.1, 0.15) is 0 Å². The summed E-state index contributed by atoms with van der Waals surface area (Å²) in [6.07, 6.45) is 1.89. The van der Waals surface area contributed by atoms with Crippen LogP contribution in [0.15, 0.2) is 53.4 Å². The van der Waals surface area contributed by atoms with Gasteiger partial charge in [0.05, 0.1) is 12.5 Å². The lowest BCUT2D eigenvalue weighted by atomic mass is 10.0. The number of hydrogen-bond acceptors (Lipinski definition) is 5. The summed E-state index contributed by atoms with van der Waals surface area (Å²) in [5, 5.41) is 5.44. The number of thioether (sulfide) groups is 1. The number of anilines is 1. The zero-order chi connectivity index (χ0) is 20.5. The van der Waals surface area contributed by atoms with Crippen molar-refractivity contribution in [2.24, 2.45) is 0 Å². The molecule has 28 heavy (non-hydrogen) atoms. The van der Waals surface area contributed by atoms with Gasteiger partial charge in [0.25, 0.3) is 5.91 Å². The van der Waals surface area contributed by atoms with E-state index in [1.807, 2.05) is 55.6 Å². The summed E-state index contributed by atoms with van der Waals surface area (Å²) >= 11 is 1.57. The lowest BCUT2D eigenvalue weighted by molar-refractivity contribution is -0.148. The molecule has 7 heteroatoms. The first kappa shape index (κ1) is 21.5. The molecule has 2 aromatic carbocycles. The van der Waals surface area contributed by atoms with Gasteiger partial charge < -0.3 is 15.4 Å². The van der Waals surface area contributed by atoms with Crippen LogP contribution in [-0.4, -0.2) is 30.6 Å². The second-order valence-electron chi connectivity index (χ2n) is 6.31. The van der Waals surface area contributed by atoms with E-state index >= 15 is 0 Å². The van der Waals surface area contributed by atoms with Crippen molar-refractivity contribution in [2.45, 2.75) is 31.2 Å². The van der Waals surface area contributed by atoms with Crippen LogP contribution >= 0.6 is 11.8 Å². The maximum atomic E-state index is 12.2. The lowest BCUT2D eigenvalue weighted by Gasteiger charge is -2.18. The Balaban J connectivity index is 1.90. The quantitative estimate of drug-likeness (QED) is 0.524. The van der Waals surface area contributed by atoms with Gasteiger partial charge in [-0.3, -0.25) is 14.4 Å². The van der Waals surface area contributed by atoms with Crippen molar-refractivity contribution in [1.82, 2.24) is 5.32 Å². The highest BCUT2D eigenvalue weighted by molar-refractivity contribution is 7.98. The van der Waals surface area contributed by atoms with E-state index in [0.717, 1.165) is 16.0 Å². The molecule has 0 heterocycles. The third-order valence-corrected chi connectivity index (χ3v) is 4.67. The Kier molecular flexibility index (Phi) is 8.07. The number of ether oxygens (including phenoxy) is 1. The topological polar surface area (TPSA) is 84.5 Å². The predicted octanol–water partition coefficient (Wildman–Crippen LogP) is 3.47. The van der Waals surface area contributed by atoms with Crippen molar-refractivity contribution < 1.29 is 19.1 Å². The van der Waals surface area contributed by atoms with Gasteiger partial charge >= 0.3 is 5.97 Å². The number of amides is 2. The normalized spacial score (nSPS) is 11.4. The monoisotopic (exact) mass is 400 g/mol. The lowest BCUT2D eigenvalue weighted by Crippen LogP contribution is -2.29. The fraction of sp³-hybridized carbons (Fsp3) is 0.286. The summed E-state index contributed by atoms with van der Waals surface area (Å²) in [6.45, 7) is 2.96. The molecule has 0 radical (unpaired) electrons. The molecule has 6 nitrogen and oxygen atoms in total. The highest BCUT2D eigenvalue weighted by Crippen LogP contribution is 2.20. The smallest absolute Gasteiger partial charge is 0.308 e. The van der Waals surface area contributed by atoms with E-state index in [0.29, 0.717) is 5.69 Å². The zero-order valence-electron chi connectivity index (χ0n) is 16.2. The van der Waals surface area contributed by atoms with Crippen LogP contribution in [0.2, 0.25) is 0 Å². The van der Waals surface area contributed by atoms with Crippen LogP contribution in [-0.2, 0) is 19.1 Å². The Bertz CT molecular complexity index is 837. The second kappa shape index (κ2) is 10.5. The molecule has 0 saturated carbocycles. The van der Waals surface area contributed by atoms with E-state index in [4.69, 9.17) is 4.74 Å². The minimum atomic E-state index is -0.563. The first-order chi connectivity index (χ1) is 13.4.